The van der Waals surface area contributed by atoms with Gasteiger partial charge >= 0.3 is 0 Å². The molecule has 1 aromatic carbocycles. The molecule has 5 heteroatoms. The van der Waals surface area contributed by atoms with Gasteiger partial charge in [-0.1, -0.05) is 27.5 Å². The van der Waals surface area contributed by atoms with Gasteiger partial charge in [-0.25, -0.2) is 0 Å². The molecule has 0 aliphatic heterocycles. The molecule has 1 N–H and O–H groups in total. The molecule has 0 unspecified atom stereocenters. The molecule has 0 aliphatic rings. The summed E-state index contributed by atoms with van der Waals surface area (Å²) in [6.07, 6.45) is 2.48. The maximum Gasteiger partial charge on any atom is 0.224 e. The van der Waals surface area contributed by atoms with Crippen molar-refractivity contribution in [3.05, 3.63) is 26.8 Å². The Morgan fingerprint density at radius 1 is 1.44 bits per heavy atom. The molecule has 16 heavy (non-hydrogen) atoms. The second-order valence-electron chi connectivity index (χ2n) is 3.32. The number of benzene rings is 1. The highest BCUT2D eigenvalue weighted by Crippen LogP contribution is 2.22. The van der Waals surface area contributed by atoms with Crippen LogP contribution in [0.4, 0.5) is 5.69 Å². The minimum absolute atomic E-state index is 0.0567. The van der Waals surface area contributed by atoms with Crippen LogP contribution in [0.2, 0.25) is 5.02 Å². The van der Waals surface area contributed by atoms with Crippen molar-refractivity contribution in [2.24, 2.45) is 0 Å². The van der Waals surface area contributed by atoms with Crippen molar-refractivity contribution in [2.45, 2.75) is 19.3 Å². The van der Waals surface area contributed by atoms with Gasteiger partial charge in [0.2, 0.25) is 5.91 Å². The van der Waals surface area contributed by atoms with Gasteiger partial charge in [-0.3, -0.25) is 4.79 Å². The summed E-state index contributed by atoms with van der Waals surface area (Å²) in [5.74, 6) is 0.0567. The van der Waals surface area contributed by atoms with Crippen LogP contribution in [0.15, 0.2) is 18.2 Å². The number of carbonyl (C=O) groups excluding carboxylic acids is 1. The van der Waals surface area contributed by atoms with E-state index in [1.165, 1.54) is 0 Å². The fourth-order valence-corrected chi connectivity index (χ4v) is 2.59. The number of carbonyl (C=O) groups is 1. The summed E-state index contributed by atoms with van der Waals surface area (Å²) in [6, 6.07) is 5.43. The molecule has 0 aliphatic carbocycles. The monoisotopic (exact) mass is 415 g/mol. The third kappa shape index (κ3) is 5.01. The minimum atomic E-state index is 0.0567. The van der Waals surface area contributed by atoms with Crippen molar-refractivity contribution in [3.8, 4) is 0 Å². The van der Waals surface area contributed by atoms with Gasteiger partial charge in [0.25, 0.3) is 0 Å². The van der Waals surface area contributed by atoms with Crippen molar-refractivity contribution in [3.63, 3.8) is 0 Å². The molecule has 0 fully saturated rings. The molecule has 0 atom stereocenters. The number of amides is 1. The Hall–Kier alpha value is 0.190. The highest BCUT2D eigenvalue weighted by molar-refractivity contribution is 14.1. The van der Waals surface area contributed by atoms with Gasteiger partial charge < -0.3 is 5.32 Å². The molecule has 0 bridgehead atoms. The summed E-state index contributed by atoms with van der Waals surface area (Å²) in [7, 11) is 0. The highest BCUT2D eigenvalue weighted by atomic mass is 127. The molecule has 2 nitrogen and oxygen atoms in total. The van der Waals surface area contributed by atoms with Crippen LogP contribution in [-0.2, 0) is 4.79 Å². The molecular weight excluding hydrogens is 404 g/mol. The van der Waals surface area contributed by atoms with Crippen molar-refractivity contribution in [1.82, 2.24) is 0 Å². The summed E-state index contributed by atoms with van der Waals surface area (Å²) in [5.41, 5.74) is 0.828. The van der Waals surface area contributed by atoms with Crippen molar-refractivity contribution in [2.75, 3.05) is 10.6 Å². The number of nitrogens with one attached hydrogen (secondary N) is 1. The maximum atomic E-state index is 11.6. The second-order valence-corrected chi connectivity index (χ2v) is 5.71. The topological polar surface area (TPSA) is 29.1 Å². The molecule has 1 aromatic rings. The average Bonchev–Trinajstić information content (AvgIpc) is 2.23. The molecule has 1 rings (SSSR count). The van der Waals surface area contributed by atoms with E-state index in [1.807, 2.05) is 12.1 Å². The molecular formula is C11H12BrClINO. The van der Waals surface area contributed by atoms with E-state index in [0.717, 1.165) is 27.4 Å². The van der Waals surface area contributed by atoms with Gasteiger partial charge in [0.05, 0.1) is 5.69 Å². The molecule has 0 saturated carbocycles. The summed E-state index contributed by atoms with van der Waals surface area (Å²) >= 11 is 11.3. The highest BCUT2D eigenvalue weighted by Gasteiger charge is 2.05. The fourth-order valence-electron chi connectivity index (χ4n) is 1.18. The summed E-state index contributed by atoms with van der Waals surface area (Å²) in [6.45, 7) is 0. The van der Waals surface area contributed by atoms with Crippen molar-refractivity contribution < 1.29 is 4.79 Å². The maximum absolute atomic E-state index is 11.6. The van der Waals surface area contributed by atoms with Crippen molar-refractivity contribution >= 4 is 61.7 Å². The second kappa shape index (κ2) is 7.50. The molecule has 1 amide bonds. The van der Waals surface area contributed by atoms with Gasteiger partial charge in [0, 0.05) is 20.3 Å². The largest absolute Gasteiger partial charge is 0.325 e. The number of hydrogen-bond donors (Lipinski definition) is 1. The normalized spacial score (nSPS) is 10.2. The first-order valence-electron chi connectivity index (χ1n) is 4.94. The van der Waals surface area contributed by atoms with E-state index >= 15 is 0 Å². The first-order valence-corrected chi connectivity index (χ1v) is 7.52. The lowest BCUT2D eigenvalue weighted by Gasteiger charge is -2.07. The van der Waals surface area contributed by atoms with E-state index in [9.17, 15) is 4.79 Å². The summed E-state index contributed by atoms with van der Waals surface area (Å²) in [5, 5.41) is 4.50. The van der Waals surface area contributed by atoms with E-state index in [4.69, 9.17) is 11.6 Å². The lowest BCUT2D eigenvalue weighted by Crippen LogP contribution is -2.12. The standard InChI is InChI=1S/C11H12BrClINO/c12-6-2-1-3-11(16)15-10-5-4-8(13)7-9(10)14/h4-5,7H,1-3,6H2,(H,15,16). The first-order chi connectivity index (χ1) is 7.63. The van der Waals surface area contributed by atoms with Gasteiger partial charge in [0.15, 0.2) is 0 Å². The van der Waals surface area contributed by atoms with Crippen LogP contribution in [0.5, 0.6) is 0 Å². The molecule has 0 heterocycles. The lowest BCUT2D eigenvalue weighted by molar-refractivity contribution is -0.116. The molecule has 0 saturated heterocycles. The zero-order chi connectivity index (χ0) is 12.0. The van der Waals surface area contributed by atoms with Crippen molar-refractivity contribution in [1.29, 1.82) is 0 Å². The number of alkyl halides is 1. The zero-order valence-corrected chi connectivity index (χ0v) is 13.1. The number of rotatable bonds is 5. The van der Waals surface area contributed by atoms with E-state index in [0.29, 0.717) is 11.4 Å². The molecule has 0 radical (unpaired) electrons. The quantitative estimate of drug-likeness (QED) is 0.429. The Kier molecular flexibility index (Phi) is 6.68. The number of unbranched alkanes of at least 4 members (excludes halogenated alkanes) is 1. The predicted molar refractivity (Wildman–Crippen MR) is 80.4 cm³/mol. The van der Waals surface area contributed by atoms with Crippen LogP contribution in [-0.4, -0.2) is 11.2 Å². The van der Waals surface area contributed by atoms with Crippen LogP contribution >= 0.6 is 50.1 Å². The first kappa shape index (κ1) is 14.3. The van der Waals surface area contributed by atoms with Crippen LogP contribution in [0.25, 0.3) is 0 Å². The summed E-state index contributed by atoms with van der Waals surface area (Å²) < 4.78 is 0.957. The fraction of sp³-hybridized carbons (Fsp3) is 0.364. The molecule has 0 spiro atoms. The number of halogens is 3. The Labute approximate surface area is 122 Å². The third-order valence-electron chi connectivity index (χ3n) is 1.99. The lowest BCUT2D eigenvalue weighted by atomic mass is 10.2. The number of hydrogen-bond acceptors (Lipinski definition) is 1. The minimum Gasteiger partial charge on any atom is -0.325 e. The third-order valence-corrected chi connectivity index (χ3v) is 3.68. The van der Waals surface area contributed by atoms with Crippen LogP contribution in [0.1, 0.15) is 19.3 Å². The van der Waals surface area contributed by atoms with Gasteiger partial charge in [-0.2, -0.15) is 0 Å². The number of anilines is 1. The van der Waals surface area contributed by atoms with E-state index < -0.39 is 0 Å². The van der Waals surface area contributed by atoms with Crippen LogP contribution < -0.4 is 5.32 Å². The Bertz CT molecular complexity index is 373. The SMILES string of the molecule is O=C(CCCCBr)Nc1ccc(Cl)cc1I. The zero-order valence-electron chi connectivity index (χ0n) is 8.60. The average molecular weight is 416 g/mol. The Balaban J connectivity index is 2.49. The van der Waals surface area contributed by atoms with Gasteiger partial charge in [-0.15, -0.1) is 0 Å². The van der Waals surface area contributed by atoms with Gasteiger partial charge in [-0.05, 0) is 53.6 Å². The van der Waals surface area contributed by atoms with E-state index in [-0.39, 0.29) is 5.91 Å². The van der Waals surface area contributed by atoms with E-state index in [1.54, 1.807) is 6.07 Å². The Morgan fingerprint density at radius 2 is 2.19 bits per heavy atom. The van der Waals surface area contributed by atoms with E-state index in [2.05, 4.69) is 43.8 Å². The van der Waals surface area contributed by atoms with Crippen LogP contribution in [0, 0.1) is 3.57 Å². The smallest absolute Gasteiger partial charge is 0.224 e. The molecule has 0 aromatic heterocycles. The van der Waals surface area contributed by atoms with Crippen LogP contribution in [0.3, 0.4) is 0 Å². The predicted octanol–water partition coefficient (Wildman–Crippen LogP) is 4.45. The summed E-state index contributed by atoms with van der Waals surface area (Å²) in [4.78, 5) is 11.6. The Morgan fingerprint density at radius 3 is 2.81 bits per heavy atom. The molecule has 88 valence electrons. The van der Waals surface area contributed by atoms with Gasteiger partial charge in [0.1, 0.15) is 0 Å².